The summed E-state index contributed by atoms with van der Waals surface area (Å²) in [5.41, 5.74) is 0.621. The average Bonchev–Trinajstić information content (AvgIpc) is 2.26. The third-order valence-corrected chi connectivity index (χ3v) is 2.66. The van der Waals surface area contributed by atoms with Gasteiger partial charge in [-0.2, -0.15) is 0 Å². The van der Waals surface area contributed by atoms with Gasteiger partial charge in [0, 0.05) is 13.6 Å². The molecule has 4 nitrogen and oxygen atoms in total. The second kappa shape index (κ2) is 5.34. The number of halogens is 1. The van der Waals surface area contributed by atoms with Gasteiger partial charge in [-0.25, -0.2) is 0 Å². The molecule has 0 aromatic heterocycles. The van der Waals surface area contributed by atoms with Crippen LogP contribution in [-0.2, 0) is 0 Å². The minimum absolute atomic E-state index is 0.188. The highest BCUT2D eigenvalue weighted by atomic mass is 35.5. The van der Waals surface area contributed by atoms with Crippen LogP contribution in [0.5, 0.6) is 0 Å². The van der Waals surface area contributed by atoms with Crippen molar-refractivity contribution < 1.29 is 14.8 Å². The molecule has 0 saturated heterocycles. The van der Waals surface area contributed by atoms with Gasteiger partial charge in [-0.05, 0) is 24.5 Å². The van der Waals surface area contributed by atoms with Crippen LogP contribution in [0.1, 0.15) is 17.3 Å². The summed E-state index contributed by atoms with van der Waals surface area (Å²) in [6, 6.07) is 4.34. The van der Waals surface area contributed by atoms with E-state index in [2.05, 4.69) is 0 Å². The van der Waals surface area contributed by atoms with Crippen LogP contribution in [0.2, 0.25) is 5.02 Å². The molecule has 0 fully saturated rings. The van der Waals surface area contributed by atoms with Crippen LogP contribution in [0, 0.1) is 0 Å². The predicted molar refractivity (Wildman–Crippen MR) is 63.9 cm³/mol. The van der Waals surface area contributed by atoms with Crippen LogP contribution < -0.4 is 5.46 Å². The van der Waals surface area contributed by atoms with E-state index < -0.39 is 7.12 Å². The minimum atomic E-state index is -1.58. The van der Waals surface area contributed by atoms with Crippen molar-refractivity contribution in [3.8, 4) is 0 Å². The van der Waals surface area contributed by atoms with Crippen LogP contribution in [0.3, 0.4) is 0 Å². The number of carbonyl (C=O) groups is 1. The molecule has 6 heteroatoms. The highest BCUT2D eigenvalue weighted by molar-refractivity contribution is 6.59. The summed E-state index contributed by atoms with van der Waals surface area (Å²) in [6.07, 6.45) is 0. The summed E-state index contributed by atoms with van der Waals surface area (Å²) in [5, 5.41) is 18.1. The molecule has 1 rings (SSSR count). The van der Waals surface area contributed by atoms with E-state index in [0.29, 0.717) is 12.1 Å². The number of hydrogen-bond acceptors (Lipinski definition) is 3. The molecule has 0 heterocycles. The summed E-state index contributed by atoms with van der Waals surface area (Å²) >= 11 is 5.90. The van der Waals surface area contributed by atoms with Gasteiger partial charge < -0.3 is 14.9 Å². The summed E-state index contributed by atoms with van der Waals surface area (Å²) in [4.78, 5) is 13.3. The second-order valence-corrected chi connectivity index (χ2v) is 3.84. The van der Waals surface area contributed by atoms with Gasteiger partial charge in [-0.1, -0.05) is 17.7 Å². The van der Waals surface area contributed by atoms with Crippen LogP contribution in [0.25, 0.3) is 0 Å². The van der Waals surface area contributed by atoms with E-state index in [1.807, 2.05) is 6.92 Å². The van der Waals surface area contributed by atoms with Crippen molar-refractivity contribution >= 4 is 30.1 Å². The van der Waals surface area contributed by atoms with Crippen LogP contribution in [0.4, 0.5) is 0 Å². The third kappa shape index (κ3) is 2.75. The fraction of sp³-hybridized carbons (Fsp3) is 0.300. The van der Waals surface area contributed by atoms with Crippen molar-refractivity contribution in [2.24, 2.45) is 0 Å². The molecular weight excluding hydrogens is 228 g/mol. The molecular formula is C10H13BClNO3. The molecule has 0 atom stereocenters. The maximum Gasteiger partial charge on any atom is 0.488 e. The zero-order chi connectivity index (χ0) is 12.3. The van der Waals surface area contributed by atoms with Gasteiger partial charge in [0.25, 0.3) is 5.91 Å². The predicted octanol–water partition coefficient (Wildman–Crippen LogP) is 0.112. The summed E-state index contributed by atoms with van der Waals surface area (Å²) in [6.45, 7) is 2.44. The van der Waals surface area contributed by atoms with Gasteiger partial charge in [-0.15, -0.1) is 0 Å². The maximum atomic E-state index is 11.8. The van der Waals surface area contributed by atoms with E-state index in [-0.39, 0.29) is 16.4 Å². The van der Waals surface area contributed by atoms with Crippen molar-refractivity contribution in [2.45, 2.75) is 6.92 Å². The fourth-order valence-corrected chi connectivity index (χ4v) is 1.48. The first-order valence-corrected chi connectivity index (χ1v) is 5.26. The number of amides is 1. The molecule has 0 bridgehead atoms. The molecule has 1 amide bonds. The summed E-state index contributed by atoms with van der Waals surface area (Å²) in [5.74, 6) is -0.188. The summed E-state index contributed by atoms with van der Waals surface area (Å²) < 4.78 is 0. The molecule has 0 radical (unpaired) electrons. The largest absolute Gasteiger partial charge is 0.488 e. The monoisotopic (exact) mass is 241 g/mol. The zero-order valence-electron chi connectivity index (χ0n) is 9.14. The van der Waals surface area contributed by atoms with Crippen LogP contribution in [-0.4, -0.2) is 41.6 Å². The van der Waals surface area contributed by atoms with Gasteiger partial charge in [-0.3, -0.25) is 4.79 Å². The molecule has 1 aromatic rings. The smallest absolute Gasteiger partial charge is 0.423 e. The first kappa shape index (κ1) is 13.0. The quantitative estimate of drug-likeness (QED) is 0.739. The van der Waals surface area contributed by atoms with Gasteiger partial charge in [0.05, 0.1) is 10.6 Å². The second-order valence-electron chi connectivity index (χ2n) is 3.43. The van der Waals surface area contributed by atoms with Crippen molar-refractivity contribution in [3.63, 3.8) is 0 Å². The lowest BCUT2D eigenvalue weighted by atomic mass is 9.80. The molecule has 0 aliphatic heterocycles. The molecule has 0 saturated carbocycles. The number of hydrogen-bond donors (Lipinski definition) is 2. The highest BCUT2D eigenvalue weighted by Gasteiger charge is 2.17. The van der Waals surface area contributed by atoms with E-state index in [1.165, 1.54) is 23.1 Å². The molecule has 0 aliphatic rings. The minimum Gasteiger partial charge on any atom is -0.423 e. The average molecular weight is 241 g/mol. The van der Waals surface area contributed by atoms with Gasteiger partial charge in [0.2, 0.25) is 0 Å². The third-order valence-electron chi connectivity index (χ3n) is 2.34. The van der Waals surface area contributed by atoms with E-state index >= 15 is 0 Å². The highest BCUT2D eigenvalue weighted by Crippen LogP contribution is 2.15. The molecule has 0 unspecified atom stereocenters. The molecule has 2 N–H and O–H groups in total. The maximum absolute atomic E-state index is 11.8. The Morgan fingerprint density at radius 1 is 1.50 bits per heavy atom. The van der Waals surface area contributed by atoms with Gasteiger partial charge >= 0.3 is 7.12 Å². The first-order valence-electron chi connectivity index (χ1n) is 4.88. The number of rotatable bonds is 3. The Hall–Kier alpha value is -1.04. The molecule has 86 valence electrons. The molecule has 0 spiro atoms. The fourth-order valence-electron chi connectivity index (χ4n) is 1.21. The lowest BCUT2D eigenvalue weighted by Crippen LogP contribution is -2.31. The Kier molecular flexibility index (Phi) is 4.35. The van der Waals surface area contributed by atoms with Gasteiger partial charge in [0.15, 0.2) is 0 Å². The van der Waals surface area contributed by atoms with E-state index in [9.17, 15) is 4.79 Å². The Labute approximate surface area is 99.6 Å². The Bertz CT molecular complexity index is 398. The van der Waals surface area contributed by atoms with E-state index in [4.69, 9.17) is 21.6 Å². The summed E-state index contributed by atoms with van der Waals surface area (Å²) in [7, 11) is 0.0959. The topological polar surface area (TPSA) is 60.8 Å². The Balaban J connectivity index is 3.04. The van der Waals surface area contributed by atoms with Gasteiger partial charge in [0.1, 0.15) is 0 Å². The molecule has 16 heavy (non-hydrogen) atoms. The number of nitrogens with zero attached hydrogens (tertiary/aromatic N) is 1. The van der Waals surface area contributed by atoms with Crippen molar-refractivity contribution in [3.05, 3.63) is 28.8 Å². The van der Waals surface area contributed by atoms with E-state index in [1.54, 1.807) is 7.05 Å². The number of benzene rings is 1. The van der Waals surface area contributed by atoms with Crippen LogP contribution in [0.15, 0.2) is 18.2 Å². The molecule has 1 aromatic carbocycles. The normalized spacial score (nSPS) is 10.1. The van der Waals surface area contributed by atoms with Crippen molar-refractivity contribution in [1.82, 2.24) is 4.90 Å². The first-order chi connectivity index (χ1) is 7.47. The van der Waals surface area contributed by atoms with Crippen molar-refractivity contribution in [2.75, 3.05) is 13.6 Å². The Morgan fingerprint density at radius 3 is 2.56 bits per heavy atom. The molecule has 0 aliphatic carbocycles. The Morgan fingerprint density at radius 2 is 2.12 bits per heavy atom. The van der Waals surface area contributed by atoms with Crippen molar-refractivity contribution in [1.29, 1.82) is 0 Å². The van der Waals surface area contributed by atoms with E-state index in [0.717, 1.165) is 0 Å². The number of carbonyl (C=O) groups excluding carboxylic acids is 1. The SMILES string of the molecule is CCN(C)C(=O)c1ccc(B(O)O)cc1Cl. The zero-order valence-corrected chi connectivity index (χ0v) is 9.90. The standard InChI is InChI=1S/C10H13BClNO3/c1-3-13(2)10(14)8-5-4-7(11(15)16)6-9(8)12/h4-6,15-16H,3H2,1-2H3. The van der Waals surface area contributed by atoms with Crippen LogP contribution >= 0.6 is 11.6 Å². The lowest BCUT2D eigenvalue weighted by Gasteiger charge is -2.15. The lowest BCUT2D eigenvalue weighted by molar-refractivity contribution is 0.0802.